The van der Waals surface area contributed by atoms with E-state index in [0.29, 0.717) is 4.90 Å². The molecule has 0 fully saturated rings. The van der Waals surface area contributed by atoms with Crippen molar-refractivity contribution in [2.45, 2.75) is 4.90 Å². The van der Waals surface area contributed by atoms with E-state index in [-0.39, 0.29) is 0 Å². The minimum atomic E-state index is -2.55. The third-order valence-corrected chi connectivity index (χ3v) is 2.05. The van der Waals surface area contributed by atoms with E-state index < -0.39 is 9.73 Å². The number of nitrogens with zero attached hydrogens (tertiary/aromatic N) is 1. The Kier molecular flexibility index (Phi) is 1.28. The quantitative estimate of drug-likeness (QED) is 0.602. The Hall–Kier alpha value is -0.840. The van der Waals surface area contributed by atoms with Gasteiger partial charge < -0.3 is 0 Å². The van der Waals surface area contributed by atoms with Gasteiger partial charge in [-0.3, -0.25) is 5.10 Å². The first-order valence-electron chi connectivity index (χ1n) is 2.33. The maximum Gasteiger partial charge on any atom is 0.0846 e. The zero-order valence-corrected chi connectivity index (χ0v) is 5.73. The Labute approximate surface area is 53.3 Å². The van der Waals surface area contributed by atoms with Crippen LogP contribution in [-0.4, -0.2) is 20.7 Å². The Bertz CT molecular complexity index is 273. The van der Waals surface area contributed by atoms with Gasteiger partial charge in [-0.15, -0.1) is 0 Å². The van der Waals surface area contributed by atoms with Crippen LogP contribution in [0, 0.1) is 4.78 Å². The van der Waals surface area contributed by atoms with Crippen molar-refractivity contribution in [1.82, 2.24) is 10.2 Å². The van der Waals surface area contributed by atoms with Crippen molar-refractivity contribution in [3.05, 3.63) is 12.4 Å². The maximum absolute atomic E-state index is 10.9. The molecular formula is C4H7N3OS. The first-order chi connectivity index (χ1) is 4.11. The van der Waals surface area contributed by atoms with Crippen LogP contribution in [0.2, 0.25) is 0 Å². The summed E-state index contributed by atoms with van der Waals surface area (Å²) in [7, 11) is -2.55. The summed E-state index contributed by atoms with van der Waals surface area (Å²) in [5.74, 6) is 0. The zero-order valence-electron chi connectivity index (χ0n) is 4.92. The molecule has 1 rings (SSSR count). The monoisotopic (exact) mass is 145 g/mol. The van der Waals surface area contributed by atoms with Crippen molar-refractivity contribution < 1.29 is 4.21 Å². The topological polar surface area (TPSA) is 69.6 Å². The lowest BCUT2D eigenvalue weighted by molar-refractivity contribution is 0.679. The highest BCUT2D eigenvalue weighted by atomic mass is 32.2. The second-order valence-corrected chi connectivity index (χ2v) is 3.94. The van der Waals surface area contributed by atoms with Crippen molar-refractivity contribution in [2.24, 2.45) is 0 Å². The van der Waals surface area contributed by atoms with E-state index in [9.17, 15) is 4.21 Å². The molecule has 1 heterocycles. The van der Waals surface area contributed by atoms with Crippen LogP contribution >= 0.6 is 0 Å². The van der Waals surface area contributed by atoms with Gasteiger partial charge in [-0.2, -0.15) is 5.10 Å². The third kappa shape index (κ3) is 1.29. The molecule has 0 amide bonds. The minimum absolute atomic E-state index is 0.447. The summed E-state index contributed by atoms with van der Waals surface area (Å²) in [6.45, 7) is 0. The maximum atomic E-state index is 10.9. The summed E-state index contributed by atoms with van der Waals surface area (Å²) in [6, 6.07) is 0. The molecule has 0 radical (unpaired) electrons. The van der Waals surface area contributed by atoms with E-state index in [2.05, 4.69) is 10.2 Å². The Morgan fingerprint density at radius 1 is 1.89 bits per heavy atom. The van der Waals surface area contributed by atoms with Gasteiger partial charge >= 0.3 is 0 Å². The van der Waals surface area contributed by atoms with E-state index in [0.717, 1.165) is 0 Å². The van der Waals surface area contributed by atoms with Gasteiger partial charge in [-0.25, -0.2) is 8.99 Å². The lowest BCUT2D eigenvalue weighted by atomic mass is 10.7. The van der Waals surface area contributed by atoms with Gasteiger partial charge in [0.1, 0.15) is 0 Å². The summed E-state index contributed by atoms with van der Waals surface area (Å²) < 4.78 is 17.9. The molecule has 9 heavy (non-hydrogen) atoms. The fourth-order valence-corrected chi connectivity index (χ4v) is 0.984. The van der Waals surface area contributed by atoms with Gasteiger partial charge in [0.15, 0.2) is 0 Å². The molecule has 0 aliphatic rings. The highest BCUT2D eigenvalue weighted by Gasteiger charge is 2.01. The number of aromatic nitrogens is 2. The fraction of sp³-hybridized carbons (Fsp3) is 0.250. The highest BCUT2D eigenvalue weighted by molar-refractivity contribution is 7.91. The van der Waals surface area contributed by atoms with E-state index in [1.807, 2.05) is 0 Å². The molecule has 0 saturated carbocycles. The first kappa shape index (κ1) is 6.28. The van der Waals surface area contributed by atoms with Crippen LogP contribution in [0.5, 0.6) is 0 Å². The van der Waals surface area contributed by atoms with Crippen molar-refractivity contribution in [2.75, 3.05) is 6.26 Å². The number of hydrogen-bond acceptors (Lipinski definition) is 3. The summed E-state index contributed by atoms with van der Waals surface area (Å²) in [6.07, 6.45) is 4.22. The SMILES string of the molecule is CS(=N)(=O)c1cn[nH]c1. The molecular weight excluding hydrogens is 138 g/mol. The number of H-pyrrole nitrogens is 1. The fourth-order valence-electron chi connectivity index (χ4n) is 0.452. The van der Waals surface area contributed by atoms with Crippen LogP contribution in [0.1, 0.15) is 0 Å². The average molecular weight is 145 g/mol. The highest BCUT2D eigenvalue weighted by Crippen LogP contribution is 2.03. The van der Waals surface area contributed by atoms with Gasteiger partial charge in [0, 0.05) is 12.5 Å². The predicted molar refractivity (Wildman–Crippen MR) is 33.6 cm³/mol. The molecule has 1 atom stereocenters. The largest absolute Gasteiger partial charge is 0.284 e. The molecule has 1 aromatic heterocycles. The Morgan fingerprint density at radius 3 is 2.78 bits per heavy atom. The molecule has 50 valence electrons. The summed E-state index contributed by atoms with van der Waals surface area (Å²) >= 11 is 0. The van der Waals surface area contributed by atoms with Gasteiger partial charge in [-0.05, 0) is 0 Å². The lowest BCUT2D eigenvalue weighted by Gasteiger charge is -1.90. The minimum Gasteiger partial charge on any atom is -0.284 e. The van der Waals surface area contributed by atoms with E-state index >= 15 is 0 Å². The van der Waals surface area contributed by atoms with E-state index in [1.54, 1.807) is 0 Å². The van der Waals surface area contributed by atoms with E-state index in [1.165, 1.54) is 18.6 Å². The van der Waals surface area contributed by atoms with Crippen LogP contribution < -0.4 is 0 Å². The molecule has 0 spiro atoms. The molecule has 0 saturated heterocycles. The first-order valence-corrected chi connectivity index (χ1v) is 4.30. The third-order valence-electron chi connectivity index (χ3n) is 0.923. The van der Waals surface area contributed by atoms with E-state index in [4.69, 9.17) is 4.78 Å². The van der Waals surface area contributed by atoms with Crippen molar-refractivity contribution >= 4 is 9.73 Å². The van der Waals surface area contributed by atoms with Crippen molar-refractivity contribution in [3.63, 3.8) is 0 Å². The summed E-state index contributed by atoms with van der Waals surface area (Å²) in [5.41, 5.74) is 0. The van der Waals surface area contributed by atoms with Gasteiger partial charge in [0.25, 0.3) is 0 Å². The van der Waals surface area contributed by atoms with Crippen LogP contribution in [0.25, 0.3) is 0 Å². The van der Waals surface area contributed by atoms with Crippen LogP contribution in [-0.2, 0) is 9.73 Å². The van der Waals surface area contributed by atoms with Crippen LogP contribution in [0.15, 0.2) is 17.3 Å². The molecule has 2 N–H and O–H groups in total. The smallest absolute Gasteiger partial charge is 0.0846 e. The second kappa shape index (κ2) is 1.84. The van der Waals surface area contributed by atoms with Crippen LogP contribution in [0.4, 0.5) is 0 Å². The molecule has 5 heteroatoms. The van der Waals surface area contributed by atoms with Gasteiger partial charge in [0.05, 0.1) is 20.8 Å². The molecule has 0 aromatic carbocycles. The lowest BCUT2D eigenvalue weighted by Crippen LogP contribution is -1.90. The average Bonchev–Trinajstić information content (AvgIpc) is 2.08. The van der Waals surface area contributed by atoms with Crippen LogP contribution in [0.3, 0.4) is 0 Å². The predicted octanol–water partition coefficient (Wildman–Crippen LogP) is 0.445. The Morgan fingerprint density at radius 2 is 2.56 bits per heavy atom. The molecule has 0 bridgehead atoms. The molecule has 4 nitrogen and oxygen atoms in total. The molecule has 0 aliphatic carbocycles. The van der Waals surface area contributed by atoms with Crippen molar-refractivity contribution in [3.8, 4) is 0 Å². The van der Waals surface area contributed by atoms with Crippen molar-refractivity contribution in [1.29, 1.82) is 4.78 Å². The summed E-state index contributed by atoms with van der Waals surface area (Å²) in [5, 5.41) is 6.05. The number of rotatable bonds is 1. The Balaban J connectivity index is 3.20. The molecule has 1 aromatic rings. The number of hydrogen-bond donors (Lipinski definition) is 2. The normalized spacial score (nSPS) is 17.0. The number of aromatic amines is 1. The number of nitrogens with one attached hydrogen (secondary N) is 2. The zero-order chi connectivity index (χ0) is 6.91. The standard InChI is InChI=1S/C4H7N3OS/c1-9(5,8)4-2-6-7-3-4/h2-3,5H,1H3,(H,6,7). The second-order valence-electron chi connectivity index (χ2n) is 1.78. The van der Waals surface area contributed by atoms with Gasteiger partial charge in [0.2, 0.25) is 0 Å². The van der Waals surface area contributed by atoms with Gasteiger partial charge in [-0.1, -0.05) is 0 Å². The molecule has 0 aliphatic heterocycles. The molecule has 1 unspecified atom stereocenters. The summed E-state index contributed by atoms with van der Waals surface area (Å²) in [4.78, 5) is 0.447.